The number of hydrogen-bond acceptors (Lipinski definition) is 4. The molecule has 26 heavy (non-hydrogen) atoms. The van der Waals surface area contributed by atoms with Gasteiger partial charge < -0.3 is 9.47 Å². The minimum Gasteiger partial charge on any atom is -0.339 e. The summed E-state index contributed by atoms with van der Waals surface area (Å²) in [4.78, 5) is 16.8. The smallest absolute Gasteiger partial charge is 0.242 e. The second-order valence-corrected chi connectivity index (χ2v) is 9.73. The molecule has 2 aromatic rings. The highest BCUT2D eigenvalue weighted by molar-refractivity contribution is 7.91. The number of benzene rings is 1. The summed E-state index contributed by atoms with van der Waals surface area (Å²) in [6.07, 6.45) is 2.61. The van der Waals surface area contributed by atoms with Crippen molar-refractivity contribution in [2.45, 2.75) is 19.0 Å². The van der Waals surface area contributed by atoms with Crippen LogP contribution in [-0.4, -0.2) is 72.4 Å². The molecule has 0 aliphatic carbocycles. The summed E-state index contributed by atoms with van der Waals surface area (Å²) in [6.45, 7) is 3.07. The number of carbonyl (C=O) groups is 1. The van der Waals surface area contributed by atoms with Crippen molar-refractivity contribution in [2.75, 3.05) is 37.7 Å². The van der Waals surface area contributed by atoms with Crippen molar-refractivity contribution in [1.82, 2.24) is 14.4 Å². The maximum atomic E-state index is 12.7. The Labute approximate surface area is 158 Å². The Morgan fingerprint density at radius 2 is 1.92 bits per heavy atom. The van der Waals surface area contributed by atoms with E-state index in [-0.39, 0.29) is 17.7 Å². The Kier molecular flexibility index (Phi) is 4.71. The SMILES string of the molecule is O=C(Cn1ccc2c(Cl)cccc21)N1CCN(C2CCS(=O)(=O)C2)CC1. The summed E-state index contributed by atoms with van der Waals surface area (Å²) < 4.78 is 25.3. The van der Waals surface area contributed by atoms with Crippen molar-refractivity contribution in [2.24, 2.45) is 0 Å². The summed E-state index contributed by atoms with van der Waals surface area (Å²) in [5, 5.41) is 1.64. The topological polar surface area (TPSA) is 62.6 Å². The van der Waals surface area contributed by atoms with Crippen LogP contribution >= 0.6 is 11.6 Å². The maximum Gasteiger partial charge on any atom is 0.242 e. The standard InChI is InChI=1S/C18H22ClN3O3S/c19-16-2-1-3-17-15(16)4-6-22(17)12-18(23)21-9-7-20(8-10-21)14-5-11-26(24,25)13-14/h1-4,6,14H,5,7-13H2. The average molecular weight is 396 g/mol. The fraction of sp³-hybridized carbons (Fsp3) is 0.500. The van der Waals surface area contributed by atoms with Crippen LogP contribution in [0.4, 0.5) is 0 Å². The molecule has 1 aromatic carbocycles. The number of piperazine rings is 1. The van der Waals surface area contributed by atoms with Gasteiger partial charge in [0.05, 0.1) is 11.5 Å². The number of hydrogen-bond donors (Lipinski definition) is 0. The molecule has 1 atom stereocenters. The number of rotatable bonds is 3. The van der Waals surface area contributed by atoms with Gasteiger partial charge in [0.1, 0.15) is 6.54 Å². The van der Waals surface area contributed by atoms with Crippen LogP contribution in [0.25, 0.3) is 10.9 Å². The van der Waals surface area contributed by atoms with Crippen molar-refractivity contribution in [3.63, 3.8) is 0 Å². The number of sulfone groups is 1. The van der Waals surface area contributed by atoms with E-state index in [1.165, 1.54) is 0 Å². The van der Waals surface area contributed by atoms with Gasteiger partial charge >= 0.3 is 0 Å². The average Bonchev–Trinajstić information content (AvgIpc) is 3.19. The number of halogens is 1. The van der Waals surface area contributed by atoms with E-state index in [0.717, 1.165) is 24.0 Å². The molecule has 2 aliphatic rings. The van der Waals surface area contributed by atoms with Crippen molar-refractivity contribution >= 4 is 38.2 Å². The molecule has 140 valence electrons. The fourth-order valence-electron chi connectivity index (χ4n) is 3.97. The van der Waals surface area contributed by atoms with Crippen LogP contribution < -0.4 is 0 Å². The van der Waals surface area contributed by atoms with E-state index >= 15 is 0 Å². The molecule has 6 nitrogen and oxygen atoms in total. The lowest BCUT2D eigenvalue weighted by atomic mass is 10.2. The predicted octanol–water partition coefficient (Wildman–Crippen LogP) is 1.63. The van der Waals surface area contributed by atoms with E-state index in [1.54, 1.807) is 0 Å². The summed E-state index contributed by atoms with van der Waals surface area (Å²) in [6, 6.07) is 7.75. The lowest BCUT2D eigenvalue weighted by Gasteiger charge is -2.37. The summed E-state index contributed by atoms with van der Waals surface area (Å²) in [5.41, 5.74) is 0.959. The molecule has 0 N–H and O–H groups in total. The predicted molar refractivity (Wildman–Crippen MR) is 102 cm³/mol. The van der Waals surface area contributed by atoms with Crippen LogP contribution in [0.15, 0.2) is 30.5 Å². The molecule has 0 saturated carbocycles. The van der Waals surface area contributed by atoms with Crippen molar-refractivity contribution in [3.05, 3.63) is 35.5 Å². The third-order valence-electron chi connectivity index (χ3n) is 5.46. The molecule has 0 spiro atoms. The Morgan fingerprint density at radius 3 is 2.62 bits per heavy atom. The normalized spacial score (nSPS) is 23.6. The van der Waals surface area contributed by atoms with Gasteiger partial charge in [-0.25, -0.2) is 8.42 Å². The summed E-state index contributed by atoms with van der Waals surface area (Å²) in [7, 11) is -2.87. The monoisotopic (exact) mass is 395 g/mol. The molecule has 2 saturated heterocycles. The Bertz CT molecular complexity index is 932. The summed E-state index contributed by atoms with van der Waals surface area (Å²) >= 11 is 6.20. The molecular weight excluding hydrogens is 374 g/mol. The minimum atomic E-state index is -2.87. The second-order valence-electron chi connectivity index (χ2n) is 7.09. The number of aromatic nitrogens is 1. The van der Waals surface area contributed by atoms with Crippen LogP contribution in [0, 0.1) is 0 Å². The van der Waals surface area contributed by atoms with Gasteiger partial charge in [-0.1, -0.05) is 17.7 Å². The van der Waals surface area contributed by atoms with Gasteiger partial charge in [0, 0.05) is 54.3 Å². The molecule has 2 fully saturated rings. The molecule has 1 aromatic heterocycles. The third-order valence-corrected chi connectivity index (χ3v) is 7.54. The molecule has 1 amide bonds. The van der Waals surface area contributed by atoms with Gasteiger partial charge in [-0.3, -0.25) is 9.69 Å². The van der Waals surface area contributed by atoms with Crippen LogP contribution in [0.5, 0.6) is 0 Å². The molecule has 0 bridgehead atoms. The van der Waals surface area contributed by atoms with Gasteiger partial charge in [-0.15, -0.1) is 0 Å². The van der Waals surface area contributed by atoms with Gasteiger partial charge in [0.2, 0.25) is 5.91 Å². The van der Waals surface area contributed by atoms with Gasteiger partial charge in [0.25, 0.3) is 0 Å². The van der Waals surface area contributed by atoms with E-state index in [1.807, 2.05) is 39.9 Å². The van der Waals surface area contributed by atoms with E-state index in [4.69, 9.17) is 11.6 Å². The molecule has 3 heterocycles. The van der Waals surface area contributed by atoms with Gasteiger partial charge in [-0.2, -0.15) is 0 Å². The van der Waals surface area contributed by atoms with E-state index in [9.17, 15) is 13.2 Å². The maximum absolute atomic E-state index is 12.7. The highest BCUT2D eigenvalue weighted by Gasteiger charge is 2.34. The highest BCUT2D eigenvalue weighted by atomic mass is 35.5. The number of carbonyl (C=O) groups excluding carboxylic acids is 1. The molecule has 0 radical (unpaired) electrons. The molecule has 1 unspecified atom stereocenters. The molecule has 8 heteroatoms. The molecule has 4 rings (SSSR count). The van der Waals surface area contributed by atoms with E-state index < -0.39 is 9.84 Å². The number of fused-ring (bicyclic) bond motifs is 1. The van der Waals surface area contributed by atoms with Gasteiger partial charge in [0.15, 0.2) is 9.84 Å². The van der Waals surface area contributed by atoms with Crippen molar-refractivity contribution < 1.29 is 13.2 Å². The Balaban J connectivity index is 1.37. The van der Waals surface area contributed by atoms with Crippen LogP contribution in [0.2, 0.25) is 5.02 Å². The lowest BCUT2D eigenvalue weighted by molar-refractivity contribution is -0.133. The van der Waals surface area contributed by atoms with Crippen LogP contribution in [0.1, 0.15) is 6.42 Å². The first-order valence-electron chi connectivity index (χ1n) is 8.88. The minimum absolute atomic E-state index is 0.0844. The fourth-order valence-corrected chi connectivity index (χ4v) is 5.96. The van der Waals surface area contributed by atoms with E-state index in [0.29, 0.717) is 36.8 Å². The first-order valence-corrected chi connectivity index (χ1v) is 11.1. The first kappa shape index (κ1) is 17.8. The first-order chi connectivity index (χ1) is 12.4. The van der Waals surface area contributed by atoms with Crippen molar-refractivity contribution in [1.29, 1.82) is 0 Å². The zero-order valence-corrected chi connectivity index (χ0v) is 16.0. The zero-order chi connectivity index (χ0) is 18.3. The zero-order valence-electron chi connectivity index (χ0n) is 14.5. The van der Waals surface area contributed by atoms with Crippen LogP contribution in [-0.2, 0) is 21.2 Å². The summed E-state index contributed by atoms with van der Waals surface area (Å²) in [5.74, 6) is 0.637. The third kappa shape index (κ3) is 3.48. The quantitative estimate of drug-likeness (QED) is 0.792. The Morgan fingerprint density at radius 1 is 1.15 bits per heavy atom. The number of amides is 1. The molecule has 2 aliphatic heterocycles. The Hall–Kier alpha value is -1.57. The lowest BCUT2D eigenvalue weighted by Crippen LogP contribution is -2.52. The second kappa shape index (κ2) is 6.87. The highest BCUT2D eigenvalue weighted by Crippen LogP contribution is 2.24. The largest absolute Gasteiger partial charge is 0.339 e. The molecular formula is C18H22ClN3O3S. The van der Waals surface area contributed by atoms with Crippen molar-refractivity contribution in [3.8, 4) is 0 Å². The number of nitrogens with zero attached hydrogens (tertiary/aromatic N) is 3. The van der Waals surface area contributed by atoms with E-state index in [2.05, 4.69) is 4.90 Å². The van der Waals surface area contributed by atoms with Crippen LogP contribution in [0.3, 0.4) is 0 Å². The van der Waals surface area contributed by atoms with Gasteiger partial charge in [-0.05, 0) is 24.6 Å².